The van der Waals surface area contributed by atoms with Crippen LogP contribution in [0.3, 0.4) is 0 Å². The van der Waals surface area contributed by atoms with Gasteiger partial charge in [-0.25, -0.2) is 4.68 Å². The average Bonchev–Trinajstić information content (AvgIpc) is 2.65. The van der Waals surface area contributed by atoms with Crippen LogP contribution in [0.1, 0.15) is 23.3 Å². The highest BCUT2D eigenvalue weighted by Gasteiger charge is 2.10. The van der Waals surface area contributed by atoms with E-state index in [2.05, 4.69) is 10.4 Å². The quantitative estimate of drug-likeness (QED) is 0.602. The third-order valence-corrected chi connectivity index (χ3v) is 3.52. The number of carbonyl (C=O) groups is 2. The first-order valence-electron chi connectivity index (χ1n) is 8.32. The molecule has 0 atom stereocenters. The van der Waals surface area contributed by atoms with E-state index in [1.165, 1.54) is 23.9 Å². The number of carboxylic acid groups (broad SMARTS) is 1. The third kappa shape index (κ3) is 6.55. The van der Waals surface area contributed by atoms with Crippen molar-refractivity contribution in [3.8, 4) is 5.75 Å². The molecule has 0 radical (unpaired) electrons. The Hall–Kier alpha value is -3.20. The van der Waals surface area contributed by atoms with E-state index < -0.39 is 11.9 Å². The molecule has 2 rings (SSSR count). The molecule has 1 aromatic carbocycles. The molecule has 0 saturated heterocycles. The van der Waals surface area contributed by atoms with Gasteiger partial charge in [0, 0.05) is 25.3 Å². The van der Waals surface area contributed by atoms with Gasteiger partial charge in [-0.1, -0.05) is 0 Å². The smallest absolute Gasteiger partial charge is 0.303 e. The summed E-state index contributed by atoms with van der Waals surface area (Å²) in [6.07, 6.45) is 0.464. The topological polar surface area (TPSA) is 120 Å². The number of hydrogen-bond acceptors (Lipinski definition) is 6. The second kappa shape index (κ2) is 10.1. The minimum atomic E-state index is -0.862. The number of anilines is 1. The van der Waals surface area contributed by atoms with Crippen LogP contribution in [0.2, 0.25) is 0 Å². The van der Waals surface area contributed by atoms with Crippen LogP contribution in [0, 0.1) is 0 Å². The van der Waals surface area contributed by atoms with Crippen molar-refractivity contribution in [2.45, 2.75) is 19.4 Å². The van der Waals surface area contributed by atoms with E-state index in [0.29, 0.717) is 31.1 Å². The summed E-state index contributed by atoms with van der Waals surface area (Å²) in [5, 5.41) is 15.3. The second-order valence-corrected chi connectivity index (χ2v) is 5.60. The number of nitrogens with zero attached hydrogens (tertiary/aromatic N) is 2. The van der Waals surface area contributed by atoms with Gasteiger partial charge in [0.05, 0.1) is 19.8 Å². The Morgan fingerprint density at radius 2 is 1.89 bits per heavy atom. The Bertz CT molecular complexity index is 832. The second-order valence-electron chi connectivity index (χ2n) is 5.60. The van der Waals surface area contributed by atoms with E-state index in [0.717, 1.165) is 0 Å². The maximum Gasteiger partial charge on any atom is 0.303 e. The van der Waals surface area contributed by atoms with Crippen molar-refractivity contribution in [3.05, 3.63) is 52.4 Å². The first-order valence-corrected chi connectivity index (χ1v) is 8.32. The van der Waals surface area contributed by atoms with Crippen molar-refractivity contribution in [2.24, 2.45) is 0 Å². The molecule has 1 heterocycles. The van der Waals surface area contributed by atoms with Crippen molar-refractivity contribution in [2.75, 3.05) is 25.6 Å². The third-order valence-electron chi connectivity index (χ3n) is 3.52. The molecule has 9 nitrogen and oxygen atoms in total. The monoisotopic (exact) mass is 375 g/mol. The fourth-order valence-corrected chi connectivity index (χ4v) is 2.15. The lowest BCUT2D eigenvalue weighted by atomic mass is 10.3. The molecule has 2 N–H and O–H groups in total. The molecule has 0 fully saturated rings. The number of benzene rings is 1. The highest BCUT2D eigenvalue weighted by Crippen LogP contribution is 2.16. The Morgan fingerprint density at radius 3 is 2.56 bits per heavy atom. The summed E-state index contributed by atoms with van der Waals surface area (Å²) in [7, 11) is 1.52. The fourth-order valence-electron chi connectivity index (χ4n) is 2.15. The Morgan fingerprint density at radius 1 is 1.15 bits per heavy atom. The fraction of sp³-hybridized carbons (Fsp3) is 0.333. The number of rotatable bonds is 10. The number of nitrogens with one attached hydrogen (secondary N) is 1. The molecular weight excluding hydrogens is 354 g/mol. The SMILES string of the molecule is COCCn1nc(C(=O)Nc2ccc(OCCCC(=O)O)cc2)ccc1=O. The van der Waals surface area contributed by atoms with E-state index in [1.807, 2.05) is 0 Å². The molecule has 144 valence electrons. The van der Waals surface area contributed by atoms with Crippen LogP contribution in [0.15, 0.2) is 41.2 Å². The van der Waals surface area contributed by atoms with Gasteiger partial charge in [-0.05, 0) is 36.8 Å². The van der Waals surface area contributed by atoms with E-state index >= 15 is 0 Å². The Balaban J connectivity index is 1.93. The van der Waals surface area contributed by atoms with Gasteiger partial charge in [0.2, 0.25) is 0 Å². The van der Waals surface area contributed by atoms with Gasteiger partial charge in [0.15, 0.2) is 0 Å². The molecule has 1 aromatic heterocycles. The molecule has 0 aliphatic heterocycles. The number of carbonyl (C=O) groups excluding carboxylic acids is 1. The van der Waals surface area contributed by atoms with Crippen molar-refractivity contribution in [1.82, 2.24) is 9.78 Å². The van der Waals surface area contributed by atoms with Crippen LogP contribution in [0.4, 0.5) is 5.69 Å². The maximum atomic E-state index is 12.3. The van der Waals surface area contributed by atoms with Gasteiger partial charge in [0.25, 0.3) is 11.5 Å². The molecule has 0 spiro atoms. The number of methoxy groups -OCH3 is 1. The number of carboxylic acids is 1. The van der Waals surface area contributed by atoms with E-state index in [4.69, 9.17) is 14.6 Å². The lowest BCUT2D eigenvalue weighted by Gasteiger charge is -2.09. The maximum absolute atomic E-state index is 12.3. The summed E-state index contributed by atoms with van der Waals surface area (Å²) in [5.74, 6) is -0.736. The predicted octanol–water partition coefficient (Wildman–Crippen LogP) is 1.39. The summed E-state index contributed by atoms with van der Waals surface area (Å²) in [5.41, 5.74) is 0.335. The minimum Gasteiger partial charge on any atom is -0.494 e. The largest absolute Gasteiger partial charge is 0.494 e. The van der Waals surface area contributed by atoms with Crippen molar-refractivity contribution in [1.29, 1.82) is 0 Å². The molecule has 0 bridgehead atoms. The molecule has 0 unspecified atom stereocenters. The zero-order chi connectivity index (χ0) is 19.6. The highest BCUT2D eigenvalue weighted by molar-refractivity contribution is 6.02. The van der Waals surface area contributed by atoms with Crippen molar-refractivity contribution in [3.63, 3.8) is 0 Å². The molecule has 0 saturated carbocycles. The molecule has 9 heteroatoms. The van der Waals surface area contributed by atoms with Gasteiger partial charge in [-0.3, -0.25) is 14.4 Å². The van der Waals surface area contributed by atoms with Crippen LogP contribution in [0.5, 0.6) is 5.75 Å². The van der Waals surface area contributed by atoms with Crippen LogP contribution >= 0.6 is 0 Å². The number of aromatic nitrogens is 2. The predicted molar refractivity (Wildman–Crippen MR) is 97.1 cm³/mol. The molecule has 2 aromatic rings. The number of hydrogen-bond donors (Lipinski definition) is 2. The molecule has 1 amide bonds. The van der Waals surface area contributed by atoms with Crippen LogP contribution in [-0.2, 0) is 16.1 Å². The van der Waals surface area contributed by atoms with E-state index in [1.54, 1.807) is 24.3 Å². The number of amides is 1. The summed E-state index contributed by atoms with van der Waals surface area (Å²) in [6, 6.07) is 9.30. The zero-order valence-electron chi connectivity index (χ0n) is 14.9. The van der Waals surface area contributed by atoms with Crippen molar-refractivity contribution < 1.29 is 24.2 Å². The van der Waals surface area contributed by atoms with Crippen LogP contribution < -0.4 is 15.6 Å². The minimum absolute atomic E-state index is 0.0493. The van der Waals surface area contributed by atoms with Gasteiger partial charge < -0.3 is 19.9 Å². The normalized spacial score (nSPS) is 10.4. The summed E-state index contributed by atoms with van der Waals surface area (Å²) in [6.45, 7) is 0.862. The zero-order valence-corrected chi connectivity index (χ0v) is 14.9. The standard InChI is InChI=1S/C18H21N3O6/c1-26-12-10-21-16(22)9-8-15(20-21)18(25)19-13-4-6-14(7-5-13)27-11-2-3-17(23)24/h4-9H,2-3,10-12H2,1H3,(H,19,25)(H,23,24). The van der Waals surface area contributed by atoms with Gasteiger partial charge in [-0.15, -0.1) is 0 Å². The van der Waals surface area contributed by atoms with Gasteiger partial charge in [0.1, 0.15) is 11.4 Å². The number of aliphatic carboxylic acids is 1. The Kier molecular flexibility index (Phi) is 7.50. The Labute approximate surface area is 155 Å². The molecule has 0 aliphatic rings. The first kappa shape index (κ1) is 20.1. The van der Waals surface area contributed by atoms with Crippen molar-refractivity contribution >= 4 is 17.6 Å². The van der Waals surface area contributed by atoms with Gasteiger partial charge >= 0.3 is 5.97 Å². The van der Waals surface area contributed by atoms with Crippen LogP contribution in [0.25, 0.3) is 0 Å². The number of ether oxygens (including phenoxy) is 2. The lowest BCUT2D eigenvalue weighted by molar-refractivity contribution is -0.137. The van der Waals surface area contributed by atoms with E-state index in [-0.39, 0.29) is 24.2 Å². The first-order chi connectivity index (χ1) is 13.0. The average molecular weight is 375 g/mol. The summed E-state index contributed by atoms with van der Waals surface area (Å²) >= 11 is 0. The van der Waals surface area contributed by atoms with Crippen LogP contribution in [-0.4, -0.2) is 47.1 Å². The summed E-state index contributed by atoms with van der Waals surface area (Å²) < 4.78 is 11.5. The van der Waals surface area contributed by atoms with Gasteiger partial charge in [-0.2, -0.15) is 5.10 Å². The summed E-state index contributed by atoms with van der Waals surface area (Å²) in [4.78, 5) is 34.5. The highest BCUT2D eigenvalue weighted by atomic mass is 16.5. The lowest BCUT2D eigenvalue weighted by Crippen LogP contribution is -2.27. The molecule has 0 aliphatic carbocycles. The molecular formula is C18H21N3O6. The molecule has 27 heavy (non-hydrogen) atoms. The van der Waals surface area contributed by atoms with E-state index in [9.17, 15) is 14.4 Å².